The highest BCUT2D eigenvalue weighted by Crippen LogP contribution is 2.67. The van der Waals surface area contributed by atoms with Crippen LogP contribution >= 0.6 is 0 Å². The van der Waals surface area contributed by atoms with E-state index in [1.54, 1.807) is 0 Å². The first-order valence-electron chi connectivity index (χ1n) is 7.31. The smallest absolute Gasteiger partial charge is 0.317 e. The lowest BCUT2D eigenvalue weighted by Crippen LogP contribution is -2.64. The summed E-state index contributed by atoms with van der Waals surface area (Å²) in [5.74, 6) is -1.15. The maximum Gasteiger partial charge on any atom is 0.317 e. The predicted molar refractivity (Wildman–Crippen MR) is 65.8 cm³/mol. The Balaban J connectivity index is 1.76. The van der Waals surface area contributed by atoms with Crippen molar-refractivity contribution < 1.29 is 28.8 Å². The van der Waals surface area contributed by atoms with Crippen molar-refractivity contribution in [2.24, 2.45) is 5.41 Å². The summed E-state index contributed by atoms with van der Waals surface area (Å²) in [5, 5.41) is 10.7. The van der Waals surface area contributed by atoms with E-state index in [0.717, 1.165) is 12.8 Å². The first-order valence-corrected chi connectivity index (χ1v) is 7.31. The van der Waals surface area contributed by atoms with Crippen molar-refractivity contribution in [1.82, 2.24) is 0 Å². The molecule has 0 unspecified atom stereocenters. The minimum atomic E-state index is -0.953. The molecule has 4 aliphatic rings. The van der Waals surface area contributed by atoms with Gasteiger partial charge in [0.05, 0.1) is 32.5 Å². The quantitative estimate of drug-likeness (QED) is 0.553. The number of carbonyl (C=O) groups is 1. The predicted octanol–water partition coefficient (Wildman–Crippen LogP) is 0.365. The van der Waals surface area contributed by atoms with Gasteiger partial charge < -0.3 is 24.1 Å². The van der Waals surface area contributed by atoms with Crippen molar-refractivity contribution in [2.45, 2.75) is 55.7 Å². The van der Waals surface area contributed by atoms with E-state index in [1.165, 1.54) is 7.11 Å². The van der Waals surface area contributed by atoms with Crippen LogP contribution in [0.25, 0.3) is 0 Å². The number of hydrogen-bond donors (Lipinski definition) is 1. The minimum absolute atomic E-state index is 0.00924. The molecule has 0 aromatic rings. The van der Waals surface area contributed by atoms with Crippen molar-refractivity contribution in [3.8, 4) is 0 Å². The van der Waals surface area contributed by atoms with Gasteiger partial charge in [-0.1, -0.05) is 0 Å². The number of aliphatic hydroxyl groups is 1. The molecule has 0 aromatic carbocycles. The van der Waals surface area contributed by atoms with Crippen LogP contribution in [0.5, 0.6) is 0 Å². The molecule has 6 nitrogen and oxygen atoms in total. The maximum absolute atomic E-state index is 12.4. The first-order chi connectivity index (χ1) is 9.59. The average Bonchev–Trinajstić information content (AvgIpc) is 2.98. The van der Waals surface area contributed by atoms with Gasteiger partial charge in [0, 0.05) is 12.8 Å². The second-order valence-electron chi connectivity index (χ2n) is 6.36. The van der Waals surface area contributed by atoms with E-state index in [1.807, 2.05) is 0 Å². The molecule has 0 aromatic heterocycles. The third-order valence-corrected chi connectivity index (χ3v) is 5.58. The molecule has 4 fully saturated rings. The summed E-state index contributed by atoms with van der Waals surface area (Å²) in [6, 6.07) is 0. The molecular weight excluding hydrogens is 264 g/mol. The molecule has 6 heteroatoms. The molecule has 2 spiro atoms. The monoisotopic (exact) mass is 284 g/mol. The Morgan fingerprint density at radius 3 is 2.80 bits per heavy atom. The van der Waals surface area contributed by atoms with Gasteiger partial charge in [-0.2, -0.15) is 0 Å². The van der Waals surface area contributed by atoms with E-state index in [9.17, 15) is 9.90 Å². The second kappa shape index (κ2) is 3.94. The molecule has 0 amide bonds. The second-order valence-corrected chi connectivity index (χ2v) is 6.36. The Hall–Kier alpha value is -0.690. The van der Waals surface area contributed by atoms with Gasteiger partial charge in [-0.3, -0.25) is 4.79 Å². The van der Waals surface area contributed by atoms with Crippen LogP contribution in [0.1, 0.15) is 32.1 Å². The summed E-state index contributed by atoms with van der Waals surface area (Å²) in [4.78, 5) is 12.4. The van der Waals surface area contributed by atoms with Crippen molar-refractivity contribution in [3.05, 3.63) is 0 Å². The van der Waals surface area contributed by atoms with Crippen LogP contribution in [0.2, 0.25) is 0 Å². The van der Waals surface area contributed by atoms with Gasteiger partial charge in [-0.25, -0.2) is 0 Å². The topological polar surface area (TPSA) is 77.5 Å². The number of hydrogen-bond acceptors (Lipinski definition) is 6. The fourth-order valence-electron chi connectivity index (χ4n) is 4.70. The molecule has 2 heterocycles. The van der Waals surface area contributed by atoms with E-state index in [0.29, 0.717) is 32.5 Å². The Morgan fingerprint density at radius 1 is 1.35 bits per heavy atom. The Labute approximate surface area is 117 Å². The fraction of sp³-hybridized carbons (Fsp3) is 0.929. The molecule has 20 heavy (non-hydrogen) atoms. The van der Waals surface area contributed by atoms with Crippen LogP contribution in [0.15, 0.2) is 0 Å². The minimum Gasteiger partial charge on any atom is -0.468 e. The summed E-state index contributed by atoms with van der Waals surface area (Å²) >= 11 is 0. The van der Waals surface area contributed by atoms with Gasteiger partial charge in [0.25, 0.3) is 0 Å². The van der Waals surface area contributed by atoms with E-state index >= 15 is 0 Å². The molecule has 2 aliphatic carbocycles. The Kier molecular flexibility index (Phi) is 2.56. The zero-order valence-electron chi connectivity index (χ0n) is 11.6. The zero-order valence-corrected chi connectivity index (χ0v) is 11.6. The Bertz CT molecular complexity index is 445. The van der Waals surface area contributed by atoms with Gasteiger partial charge in [-0.05, 0) is 19.3 Å². The third-order valence-electron chi connectivity index (χ3n) is 5.58. The number of methoxy groups -OCH3 is 1. The molecule has 0 radical (unpaired) electrons. The summed E-state index contributed by atoms with van der Waals surface area (Å²) < 4.78 is 22.4. The number of aliphatic hydroxyl groups excluding tert-OH is 1. The number of esters is 1. The number of rotatable bonds is 1. The molecule has 2 aliphatic heterocycles. The average molecular weight is 284 g/mol. The largest absolute Gasteiger partial charge is 0.468 e. The van der Waals surface area contributed by atoms with Gasteiger partial charge in [0.1, 0.15) is 11.0 Å². The highest BCUT2D eigenvalue weighted by molar-refractivity contribution is 5.81. The van der Waals surface area contributed by atoms with Gasteiger partial charge in [0.2, 0.25) is 0 Å². The van der Waals surface area contributed by atoms with E-state index < -0.39 is 22.9 Å². The molecule has 2 saturated heterocycles. The summed E-state index contributed by atoms with van der Waals surface area (Å²) in [7, 11) is 1.37. The van der Waals surface area contributed by atoms with Crippen molar-refractivity contribution in [2.75, 3.05) is 20.3 Å². The van der Waals surface area contributed by atoms with Gasteiger partial charge >= 0.3 is 5.97 Å². The number of ether oxygens (including phenoxy) is 4. The zero-order chi connectivity index (χ0) is 14.0. The molecule has 1 N–H and O–H groups in total. The summed E-state index contributed by atoms with van der Waals surface area (Å²) in [6.07, 6.45) is 2.36. The van der Waals surface area contributed by atoms with Crippen molar-refractivity contribution in [3.63, 3.8) is 0 Å². The lowest BCUT2D eigenvalue weighted by atomic mass is 9.56. The van der Waals surface area contributed by atoms with Crippen LogP contribution < -0.4 is 0 Å². The molecule has 112 valence electrons. The highest BCUT2D eigenvalue weighted by Gasteiger charge is 2.80. The summed E-state index contributed by atoms with van der Waals surface area (Å²) in [6.45, 7) is 1.05. The van der Waals surface area contributed by atoms with Crippen LogP contribution in [0.3, 0.4) is 0 Å². The third kappa shape index (κ3) is 1.35. The maximum atomic E-state index is 12.4. The lowest BCUT2D eigenvalue weighted by Gasteiger charge is -2.50. The summed E-state index contributed by atoms with van der Waals surface area (Å²) in [5.41, 5.74) is -1.62. The molecule has 0 bridgehead atoms. The Morgan fingerprint density at radius 2 is 2.10 bits per heavy atom. The van der Waals surface area contributed by atoms with Crippen LogP contribution in [0, 0.1) is 5.41 Å². The fourth-order valence-corrected chi connectivity index (χ4v) is 4.70. The molecule has 2 saturated carbocycles. The molecule has 4 atom stereocenters. The SMILES string of the molecule is COC(=O)[C@]12CCC[C@@H]3O[C@@]31CC1(C[C@@H]2O)OCCO1. The van der Waals surface area contributed by atoms with Crippen molar-refractivity contribution >= 4 is 5.97 Å². The number of carbonyl (C=O) groups excluding carboxylic acids is 1. The van der Waals surface area contributed by atoms with Gasteiger partial charge in [0.15, 0.2) is 5.79 Å². The normalized spacial score (nSPS) is 48.5. The molecule has 4 rings (SSSR count). The lowest BCUT2D eigenvalue weighted by molar-refractivity contribution is -0.248. The molecular formula is C14H20O6. The van der Waals surface area contributed by atoms with E-state index in [2.05, 4.69) is 0 Å². The van der Waals surface area contributed by atoms with E-state index in [-0.39, 0.29) is 12.1 Å². The van der Waals surface area contributed by atoms with Crippen molar-refractivity contribution in [1.29, 1.82) is 0 Å². The van der Waals surface area contributed by atoms with Crippen LogP contribution in [-0.2, 0) is 23.7 Å². The first kappa shape index (κ1) is 13.0. The highest BCUT2D eigenvalue weighted by atomic mass is 16.7. The van der Waals surface area contributed by atoms with Gasteiger partial charge in [-0.15, -0.1) is 0 Å². The van der Waals surface area contributed by atoms with Crippen LogP contribution in [0.4, 0.5) is 0 Å². The van der Waals surface area contributed by atoms with E-state index in [4.69, 9.17) is 18.9 Å². The van der Waals surface area contributed by atoms with Crippen LogP contribution in [-0.4, -0.2) is 55.0 Å². The standard InChI is InChI=1S/C14H20O6/c1-17-11(16)13-4-2-3-10-14(13,20-10)8-12(7-9(13)15)18-5-6-19-12/h9-10,15H,2-8H2,1H3/t9-,10-,13+,14-/m0/s1. The number of epoxide rings is 1.